The van der Waals surface area contributed by atoms with Gasteiger partial charge in [-0.05, 0) is 51.0 Å². The highest BCUT2D eigenvalue weighted by Gasteiger charge is 2.24. The number of rotatable bonds is 10. The number of hydrogen-bond acceptors (Lipinski definition) is 6. The maximum absolute atomic E-state index is 12.4. The van der Waals surface area contributed by atoms with E-state index in [-0.39, 0.29) is 12.5 Å². The molecular formula is C20H33N3O5S. The zero-order chi connectivity index (χ0) is 21.3. The molecule has 1 saturated heterocycles. The summed E-state index contributed by atoms with van der Waals surface area (Å²) in [6.45, 7) is 3.40. The lowest BCUT2D eigenvalue weighted by atomic mass is 10.2. The molecule has 1 aromatic rings. The Hall–Kier alpha value is -2.00. The first kappa shape index (κ1) is 23.3. The van der Waals surface area contributed by atoms with Crippen LogP contribution in [0.5, 0.6) is 11.5 Å². The second-order valence-electron chi connectivity index (χ2n) is 7.27. The molecule has 0 bridgehead atoms. The molecule has 9 heteroatoms. The van der Waals surface area contributed by atoms with Gasteiger partial charge in [0.1, 0.15) is 18.0 Å². The Morgan fingerprint density at radius 3 is 2.41 bits per heavy atom. The minimum absolute atomic E-state index is 0.300. The van der Waals surface area contributed by atoms with Crippen LogP contribution in [0, 0.1) is 0 Å². The van der Waals surface area contributed by atoms with Crippen LogP contribution in [0.15, 0.2) is 18.2 Å². The molecule has 8 nitrogen and oxygen atoms in total. The number of amides is 1. The van der Waals surface area contributed by atoms with Gasteiger partial charge in [0.25, 0.3) is 0 Å². The lowest BCUT2D eigenvalue weighted by Crippen LogP contribution is -2.41. The van der Waals surface area contributed by atoms with Crippen molar-refractivity contribution < 1.29 is 22.7 Å². The molecule has 164 valence electrons. The van der Waals surface area contributed by atoms with E-state index in [1.807, 2.05) is 0 Å². The fraction of sp³-hybridized carbons (Fsp3) is 0.650. The number of benzene rings is 1. The summed E-state index contributed by atoms with van der Waals surface area (Å²) in [7, 11) is -0.712. The van der Waals surface area contributed by atoms with Crippen molar-refractivity contribution in [3.8, 4) is 11.5 Å². The van der Waals surface area contributed by atoms with Crippen LogP contribution in [-0.4, -0.2) is 72.4 Å². The molecule has 29 heavy (non-hydrogen) atoms. The maximum atomic E-state index is 12.4. The molecule has 1 heterocycles. The standard InChI is InChI=1S/C20H33N3O5S/c1-27-17-9-10-18(19(15-17)28-2)23(29(3,25)26)16-20(24)21-11-8-14-22-12-6-4-5-7-13-22/h9-10,15H,4-8,11-14,16H2,1-3H3,(H,21,24). The highest BCUT2D eigenvalue weighted by atomic mass is 32.2. The molecule has 1 amide bonds. The highest BCUT2D eigenvalue weighted by molar-refractivity contribution is 7.92. The number of methoxy groups -OCH3 is 2. The molecule has 0 aromatic heterocycles. The van der Waals surface area contributed by atoms with Gasteiger partial charge in [-0.2, -0.15) is 0 Å². The van der Waals surface area contributed by atoms with E-state index in [1.165, 1.54) is 39.9 Å². The average molecular weight is 428 g/mol. The third-order valence-corrected chi connectivity index (χ3v) is 6.14. The molecule has 1 fully saturated rings. The second kappa shape index (κ2) is 11.3. The van der Waals surface area contributed by atoms with Crippen LogP contribution in [0.1, 0.15) is 32.1 Å². The number of anilines is 1. The first-order valence-electron chi connectivity index (χ1n) is 10.0. The normalized spacial score (nSPS) is 15.4. The third kappa shape index (κ3) is 7.40. The Bertz CT molecular complexity index is 761. The topological polar surface area (TPSA) is 88.2 Å². The van der Waals surface area contributed by atoms with Crippen molar-refractivity contribution in [2.75, 3.05) is 57.5 Å². The Morgan fingerprint density at radius 2 is 1.83 bits per heavy atom. The summed E-state index contributed by atoms with van der Waals surface area (Å²) < 4.78 is 36.1. The van der Waals surface area contributed by atoms with E-state index in [0.717, 1.165) is 36.6 Å². The molecule has 0 spiro atoms. The molecule has 2 rings (SSSR count). The number of ether oxygens (including phenoxy) is 2. The van der Waals surface area contributed by atoms with Crippen molar-refractivity contribution in [2.24, 2.45) is 0 Å². The van der Waals surface area contributed by atoms with E-state index in [4.69, 9.17) is 9.47 Å². The smallest absolute Gasteiger partial charge is 0.240 e. The predicted octanol–water partition coefficient (Wildman–Crippen LogP) is 1.85. The number of nitrogens with one attached hydrogen (secondary N) is 1. The van der Waals surface area contributed by atoms with Crippen LogP contribution < -0.4 is 19.1 Å². The van der Waals surface area contributed by atoms with E-state index in [9.17, 15) is 13.2 Å². The van der Waals surface area contributed by atoms with Crippen LogP contribution in [0.25, 0.3) is 0 Å². The van der Waals surface area contributed by atoms with E-state index in [0.29, 0.717) is 23.7 Å². The lowest BCUT2D eigenvalue weighted by Gasteiger charge is -2.24. The van der Waals surface area contributed by atoms with Crippen molar-refractivity contribution in [1.29, 1.82) is 0 Å². The van der Waals surface area contributed by atoms with Gasteiger partial charge in [-0.15, -0.1) is 0 Å². The summed E-state index contributed by atoms with van der Waals surface area (Å²) in [6.07, 6.45) is 6.98. The van der Waals surface area contributed by atoms with Gasteiger partial charge in [0.2, 0.25) is 15.9 Å². The van der Waals surface area contributed by atoms with Crippen molar-refractivity contribution in [3.05, 3.63) is 18.2 Å². The van der Waals surface area contributed by atoms with Gasteiger partial charge in [0.05, 0.1) is 26.2 Å². The second-order valence-corrected chi connectivity index (χ2v) is 9.17. The molecule has 0 radical (unpaired) electrons. The third-order valence-electron chi connectivity index (χ3n) is 5.02. The van der Waals surface area contributed by atoms with Gasteiger partial charge in [0.15, 0.2) is 0 Å². The first-order valence-corrected chi connectivity index (χ1v) is 11.9. The summed E-state index contributed by atoms with van der Waals surface area (Å²) in [6, 6.07) is 4.80. The van der Waals surface area contributed by atoms with Gasteiger partial charge in [-0.1, -0.05) is 12.8 Å². The van der Waals surface area contributed by atoms with Gasteiger partial charge >= 0.3 is 0 Å². The predicted molar refractivity (Wildman–Crippen MR) is 114 cm³/mol. The van der Waals surface area contributed by atoms with E-state index < -0.39 is 10.0 Å². The van der Waals surface area contributed by atoms with Crippen LogP contribution in [0.4, 0.5) is 5.69 Å². The Kier molecular flexibility index (Phi) is 9.03. The van der Waals surface area contributed by atoms with Crippen LogP contribution >= 0.6 is 0 Å². The highest BCUT2D eigenvalue weighted by Crippen LogP contribution is 2.33. The summed E-state index contributed by atoms with van der Waals surface area (Å²) in [5.74, 6) is 0.518. The molecule has 1 aliphatic rings. The number of carbonyl (C=O) groups excluding carboxylic acids is 1. The maximum Gasteiger partial charge on any atom is 0.240 e. The molecule has 0 unspecified atom stereocenters. The molecule has 1 aromatic carbocycles. The SMILES string of the molecule is COc1ccc(N(CC(=O)NCCCN2CCCCCC2)S(C)(=O)=O)c(OC)c1. The van der Waals surface area contributed by atoms with Gasteiger partial charge in [-0.25, -0.2) is 8.42 Å². The van der Waals surface area contributed by atoms with Gasteiger partial charge < -0.3 is 19.7 Å². The Labute approximate surface area is 174 Å². The molecule has 1 aliphatic heterocycles. The zero-order valence-electron chi connectivity index (χ0n) is 17.6. The Morgan fingerprint density at radius 1 is 1.14 bits per heavy atom. The lowest BCUT2D eigenvalue weighted by molar-refractivity contribution is -0.119. The number of hydrogen-bond donors (Lipinski definition) is 1. The minimum Gasteiger partial charge on any atom is -0.497 e. The largest absolute Gasteiger partial charge is 0.497 e. The summed E-state index contributed by atoms with van der Waals surface area (Å²) in [5, 5.41) is 2.83. The average Bonchev–Trinajstić information content (AvgIpc) is 2.97. The van der Waals surface area contributed by atoms with E-state index in [2.05, 4.69) is 10.2 Å². The quantitative estimate of drug-likeness (QED) is 0.574. The summed E-state index contributed by atoms with van der Waals surface area (Å²) >= 11 is 0. The summed E-state index contributed by atoms with van der Waals surface area (Å²) in [4.78, 5) is 14.8. The molecular weight excluding hydrogens is 394 g/mol. The van der Waals surface area contributed by atoms with Gasteiger partial charge in [0, 0.05) is 12.6 Å². The van der Waals surface area contributed by atoms with Crippen LogP contribution in [0.3, 0.4) is 0 Å². The molecule has 0 atom stereocenters. The van der Waals surface area contributed by atoms with E-state index in [1.54, 1.807) is 18.2 Å². The number of nitrogens with zero attached hydrogens (tertiary/aromatic N) is 2. The van der Waals surface area contributed by atoms with Crippen molar-refractivity contribution in [3.63, 3.8) is 0 Å². The van der Waals surface area contributed by atoms with Crippen molar-refractivity contribution >= 4 is 21.6 Å². The summed E-state index contributed by atoms with van der Waals surface area (Å²) in [5.41, 5.74) is 0.301. The number of carbonyl (C=O) groups is 1. The number of sulfonamides is 1. The fourth-order valence-corrected chi connectivity index (χ4v) is 4.31. The fourth-order valence-electron chi connectivity index (χ4n) is 3.45. The molecule has 1 N–H and O–H groups in total. The zero-order valence-corrected chi connectivity index (χ0v) is 18.5. The Balaban J connectivity index is 1.94. The van der Waals surface area contributed by atoms with Crippen LogP contribution in [0.2, 0.25) is 0 Å². The monoisotopic (exact) mass is 427 g/mol. The van der Waals surface area contributed by atoms with Crippen molar-refractivity contribution in [1.82, 2.24) is 10.2 Å². The van der Waals surface area contributed by atoms with Gasteiger partial charge in [-0.3, -0.25) is 9.10 Å². The number of likely N-dealkylation sites (tertiary alicyclic amines) is 1. The first-order chi connectivity index (χ1) is 13.8. The van der Waals surface area contributed by atoms with Crippen LogP contribution in [-0.2, 0) is 14.8 Å². The minimum atomic E-state index is -3.67. The molecule has 0 saturated carbocycles. The van der Waals surface area contributed by atoms with Crippen molar-refractivity contribution in [2.45, 2.75) is 32.1 Å². The molecule has 0 aliphatic carbocycles. The van der Waals surface area contributed by atoms with E-state index >= 15 is 0 Å².